The van der Waals surface area contributed by atoms with E-state index in [2.05, 4.69) is 31.0 Å². The van der Waals surface area contributed by atoms with E-state index in [1.807, 2.05) is 12.1 Å². The van der Waals surface area contributed by atoms with Crippen LogP contribution in [0, 0.1) is 23.2 Å². The first-order valence-corrected chi connectivity index (χ1v) is 10.3. The standard InChI is InChI=1S/C23H31NO3/c1-15-5-4-10-23(2)12-21-18(11-20(15)23)19(22(25)27-21)14-24-13-16-6-8-17(26-3)9-7-16/h6-9,18-21,24H,1,4-5,10-14H2,2-3H3/p+1/t18-,19-,20-,21-,23-/m1/s1. The summed E-state index contributed by atoms with van der Waals surface area (Å²) < 4.78 is 11.1. The number of methoxy groups -OCH3 is 1. The smallest absolute Gasteiger partial charge is 0.315 e. The monoisotopic (exact) mass is 370 g/mol. The van der Waals surface area contributed by atoms with Gasteiger partial charge in [0.05, 0.1) is 13.7 Å². The van der Waals surface area contributed by atoms with Crippen LogP contribution in [0.25, 0.3) is 0 Å². The molecule has 4 rings (SSSR count). The molecule has 27 heavy (non-hydrogen) atoms. The topological polar surface area (TPSA) is 52.1 Å². The Morgan fingerprint density at radius 3 is 2.85 bits per heavy atom. The number of fused-ring (bicyclic) bond motifs is 2. The zero-order valence-corrected chi connectivity index (χ0v) is 16.6. The molecule has 0 bridgehead atoms. The Labute approximate surface area is 162 Å². The van der Waals surface area contributed by atoms with E-state index in [4.69, 9.17) is 9.47 Å². The molecule has 0 aromatic heterocycles. The molecular formula is C23H32NO3+. The van der Waals surface area contributed by atoms with E-state index in [9.17, 15) is 4.79 Å². The Hall–Kier alpha value is -1.81. The largest absolute Gasteiger partial charge is 0.497 e. The van der Waals surface area contributed by atoms with Gasteiger partial charge in [-0.15, -0.1) is 0 Å². The summed E-state index contributed by atoms with van der Waals surface area (Å²) in [6.07, 6.45) is 5.83. The van der Waals surface area contributed by atoms with Crippen molar-refractivity contribution in [1.82, 2.24) is 0 Å². The summed E-state index contributed by atoms with van der Waals surface area (Å²) >= 11 is 0. The number of carbonyl (C=O) groups excluding carboxylic acids is 1. The molecule has 2 aliphatic carbocycles. The van der Waals surface area contributed by atoms with Gasteiger partial charge in [-0.05, 0) is 67.7 Å². The van der Waals surface area contributed by atoms with E-state index in [0.717, 1.165) is 38.1 Å². The fourth-order valence-corrected chi connectivity index (χ4v) is 5.72. The minimum atomic E-state index is 0.0174. The van der Waals surface area contributed by atoms with Gasteiger partial charge < -0.3 is 14.8 Å². The molecule has 1 aromatic rings. The summed E-state index contributed by atoms with van der Waals surface area (Å²) in [7, 11) is 1.68. The molecule has 0 spiro atoms. The summed E-state index contributed by atoms with van der Waals surface area (Å²) in [6.45, 7) is 8.44. The lowest BCUT2D eigenvalue weighted by Gasteiger charge is -2.49. The predicted octanol–water partition coefficient (Wildman–Crippen LogP) is 3.07. The van der Waals surface area contributed by atoms with Crippen LogP contribution in [0.2, 0.25) is 0 Å². The van der Waals surface area contributed by atoms with Crippen molar-refractivity contribution in [2.75, 3.05) is 13.7 Å². The average Bonchev–Trinajstić information content (AvgIpc) is 2.95. The predicted molar refractivity (Wildman–Crippen MR) is 104 cm³/mol. The Kier molecular flexibility index (Phi) is 5.02. The summed E-state index contributed by atoms with van der Waals surface area (Å²) in [5, 5.41) is 2.25. The maximum atomic E-state index is 12.6. The van der Waals surface area contributed by atoms with E-state index < -0.39 is 0 Å². The SMILES string of the molecule is C=C1CCC[C@]2(C)C[C@H]3OC(=O)[C@H](C[NH2+]Cc4ccc(OC)cc4)[C@H]3C[C@H]12. The van der Waals surface area contributed by atoms with Crippen molar-refractivity contribution in [3.8, 4) is 5.75 Å². The highest BCUT2D eigenvalue weighted by atomic mass is 16.6. The molecule has 0 radical (unpaired) electrons. The zero-order chi connectivity index (χ0) is 19.0. The summed E-state index contributed by atoms with van der Waals surface area (Å²) in [5.74, 6) is 1.83. The second-order valence-electron chi connectivity index (χ2n) is 8.98. The lowest BCUT2D eigenvalue weighted by Crippen LogP contribution is -2.84. The minimum Gasteiger partial charge on any atom is -0.497 e. The van der Waals surface area contributed by atoms with Gasteiger partial charge in [0.25, 0.3) is 0 Å². The fourth-order valence-electron chi connectivity index (χ4n) is 5.72. The first-order chi connectivity index (χ1) is 13.0. The second-order valence-corrected chi connectivity index (χ2v) is 8.98. The Bertz CT molecular complexity index is 713. The first kappa shape index (κ1) is 18.5. The third kappa shape index (κ3) is 3.52. The van der Waals surface area contributed by atoms with Crippen LogP contribution in [0.15, 0.2) is 36.4 Å². The van der Waals surface area contributed by atoms with Crippen LogP contribution >= 0.6 is 0 Å². The van der Waals surface area contributed by atoms with Gasteiger partial charge in [-0.1, -0.05) is 19.1 Å². The zero-order valence-electron chi connectivity index (χ0n) is 16.6. The van der Waals surface area contributed by atoms with Crippen molar-refractivity contribution >= 4 is 5.97 Å². The Morgan fingerprint density at radius 1 is 1.33 bits per heavy atom. The van der Waals surface area contributed by atoms with E-state index >= 15 is 0 Å². The van der Waals surface area contributed by atoms with Gasteiger partial charge in [-0.2, -0.15) is 0 Å². The summed E-state index contributed by atoms with van der Waals surface area (Å²) in [6, 6.07) is 8.14. The molecule has 1 saturated heterocycles. The van der Waals surface area contributed by atoms with Crippen LogP contribution in [0.4, 0.5) is 0 Å². The van der Waals surface area contributed by atoms with Gasteiger partial charge in [0.15, 0.2) is 0 Å². The summed E-state index contributed by atoms with van der Waals surface area (Å²) in [4.78, 5) is 12.6. The lowest BCUT2D eigenvalue weighted by molar-refractivity contribution is -0.675. The van der Waals surface area contributed by atoms with Gasteiger partial charge in [0.2, 0.25) is 0 Å². The molecule has 4 heteroatoms. The molecule has 1 aliphatic heterocycles. The highest BCUT2D eigenvalue weighted by Crippen LogP contribution is 2.56. The number of esters is 1. The third-order valence-corrected chi connectivity index (χ3v) is 7.28. The quantitative estimate of drug-likeness (QED) is 0.640. The van der Waals surface area contributed by atoms with Gasteiger partial charge in [-0.3, -0.25) is 4.79 Å². The first-order valence-electron chi connectivity index (χ1n) is 10.3. The average molecular weight is 371 g/mol. The Balaban J connectivity index is 1.38. The van der Waals surface area contributed by atoms with Gasteiger partial charge in [0, 0.05) is 11.5 Å². The van der Waals surface area contributed by atoms with Crippen LogP contribution < -0.4 is 10.1 Å². The molecule has 0 unspecified atom stereocenters. The second kappa shape index (κ2) is 7.31. The molecular weight excluding hydrogens is 338 g/mol. The molecule has 1 heterocycles. The highest BCUT2D eigenvalue weighted by Gasteiger charge is 2.55. The number of quaternary nitrogens is 1. The van der Waals surface area contributed by atoms with Crippen LogP contribution in [0.5, 0.6) is 5.75 Å². The number of allylic oxidation sites excluding steroid dienone is 1. The summed E-state index contributed by atoms with van der Waals surface area (Å²) in [5.41, 5.74) is 2.93. The molecule has 2 saturated carbocycles. The van der Waals surface area contributed by atoms with Crippen molar-refractivity contribution in [2.45, 2.75) is 51.7 Å². The number of carbonyl (C=O) groups is 1. The maximum absolute atomic E-state index is 12.6. The van der Waals surface area contributed by atoms with Crippen LogP contribution in [-0.2, 0) is 16.1 Å². The molecule has 4 nitrogen and oxygen atoms in total. The van der Waals surface area contributed by atoms with Gasteiger partial charge in [-0.25, -0.2) is 0 Å². The van der Waals surface area contributed by atoms with Crippen LogP contribution in [0.3, 0.4) is 0 Å². The molecule has 146 valence electrons. The third-order valence-electron chi connectivity index (χ3n) is 7.28. The normalized spacial score (nSPS) is 35.3. The molecule has 5 atom stereocenters. The Morgan fingerprint density at radius 2 is 2.11 bits per heavy atom. The van der Waals surface area contributed by atoms with E-state index in [0.29, 0.717) is 11.8 Å². The van der Waals surface area contributed by atoms with Crippen molar-refractivity contribution in [3.63, 3.8) is 0 Å². The molecule has 3 fully saturated rings. The van der Waals surface area contributed by atoms with Crippen molar-refractivity contribution in [3.05, 3.63) is 42.0 Å². The fraction of sp³-hybridized carbons (Fsp3) is 0.609. The highest BCUT2D eigenvalue weighted by molar-refractivity contribution is 5.75. The number of rotatable bonds is 5. The molecule has 0 amide bonds. The van der Waals surface area contributed by atoms with E-state index in [-0.39, 0.29) is 23.4 Å². The number of hydrogen-bond acceptors (Lipinski definition) is 3. The lowest BCUT2D eigenvalue weighted by atomic mass is 9.55. The minimum absolute atomic E-state index is 0.0174. The molecule has 3 aliphatic rings. The van der Waals surface area contributed by atoms with Crippen LogP contribution in [0.1, 0.15) is 44.6 Å². The number of nitrogens with two attached hydrogens (primary N) is 1. The van der Waals surface area contributed by atoms with Crippen LogP contribution in [-0.4, -0.2) is 25.7 Å². The number of ether oxygens (including phenoxy) is 2. The maximum Gasteiger partial charge on any atom is 0.315 e. The van der Waals surface area contributed by atoms with Gasteiger partial charge in [0.1, 0.15) is 24.3 Å². The van der Waals surface area contributed by atoms with Crippen molar-refractivity contribution in [2.24, 2.45) is 23.2 Å². The molecule has 2 N–H and O–H groups in total. The van der Waals surface area contributed by atoms with Crippen molar-refractivity contribution in [1.29, 1.82) is 0 Å². The van der Waals surface area contributed by atoms with E-state index in [1.165, 1.54) is 24.0 Å². The van der Waals surface area contributed by atoms with E-state index in [1.54, 1.807) is 7.11 Å². The number of benzene rings is 1. The number of hydrogen-bond donors (Lipinski definition) is 1. The molecule has 1 aromatic carbocycles. The van der Waals surface area contributed by atoms with Gasteiger partial charge >= 0.3 is 5.97 Å². The van der Waals surface area contributed by atoms with Crippen molar-refractivity contribution < 1.29 is 19.6 Å².